The zero-order valence-electron chi connectivity index (χ0n) is 14.5. The van der Waals surface area contributed by atoms with E-state index < -0.39 is 5.60 Å². The normalized spacial score (nSPS) is 42.9. The Balaban J connectivity index is 1.52. The number of fused-ring (bicyclic) bond motifs is 1. The molecule has 0 radical (unpaired) electrons. The maximum absolute atomic E-state index is 13.7. The molecule has 4 bridgehead atoms. The van der Waals surface area contributed by atoms with E-state index in [4.69, 9.17) is 0 Å². The minimum atomic E-state index is -0.825. The van der Waals surface area contributed by atoms with Gasteiger partial charge >= 0.3 is 0 Å². The van der Waals surface area contributed by atoms with E-state index in [9.17, 15) is 9.90 Å². The summed E-state index contributed by atoms with van der Waals surface area (Å²) >= 11 is 0. The minimum Gasteiger partial charge on any atom is -0.385 e. The van der Waals surface area contributed by atoms with Gasteiger partial charge in [-0.05, 0) is 75.7 Å². The number of carbonyl (C=O) groups is 1. The number of hydrogen-bond donors (Lipinski definition) is 1. The van der Waals surface area contributed by atoms with E-state index >= 15 is 0 Å². The summed E-state index contributed by atoms with van der Waals surface area (Å²) in [6.07, 6.45) is 8.02. The van der Waals surface area contributed by atoms with Crippen LogP contribution in [0.4, 0.5) is 5.69 Å². The number of hydrogen-bond acceptors (Lipinski definition) is 2. The lowest BCUT2D eigenvalue weighted by Gasteiger charge is -2.57. The SMILES string of the molecule is CC1(O)CCN(C(=O)C23CC4CC(CC(C4)C2)C3)c2ccccc21. The number of aliphatic hydroxyl groups is 1. The molecule has 24 heavy (non-hydrogen) atoms. The van der Waals surface area contributed by atoms with E-state index in [1.807, 2.05) is 36.1 Å². The van der Waals surface area contributed by atoms with Gasteiger partial charge in [0.2, 0.25) is 5.91 Å². The Labute approximate surface area is 144 Å². The highest BCUT2D eigenvalue weighted by Gasteiger charge is 2.56. The lowest BCUT2D eigenvalue weighted by Crippen LogP contribution is -2.56. The van der Waals surface area contributed by atoms with E-state index in [2.05, 4.69) is 0 Å². The zero-order valence-corrected chi connectivity index (χ0v) is 14.5. The van der Waals surface area contributed by atoms with Crippen molar-refractivity contribution in [2.75, 3.05) is 11.4 Å². The summed E-state index contributed by atoms with van der Waals surface area (Å²) in [6.45, 7) is 2.52. The van der Waals surface area contributed by atoms with Crippen LogP contribution in [0.3, 0.4) is 0 Å². The second kappa shape index (κ2) is 4.85. The Bertz CT molecular complexity index is 658. The van der Waals surface area contributed by atoms with Gasteiger partial charge in [-0.25, -0.2) is 0 Å². The van der Waals surface area contributed by atoms with Gasteiger partial charge in [-0.2, -0.15) is 0 Å². The molecule has 4 aliphatic carbocycles. The van der Waals surface area contributed by atoms with Crippen LogP contribution in [0.5, 0.6) is 0 Å². The van der Waals surface area contributed by atoms with Crippen LogP contribution in [-0.2, 0) is 10.4 Å². The molecule has 1 aromatic carbocycles. The van der Waals surface area contributed by atoms with E-state index in [1.54, 1.807) is 0 Å². The quantitative estimate of drug-likeness (QED) is 0.852. The predicted molar refractivity (Wildman–Crippen MR) is 93.6 cm³/mol. The second-order valence-electron chi connectivity index (χ2n) is 9.20. The highest BCUT2D eigenvalue weighted by molar-refractivity contribution is 5.99. The van der Waals surface area contributed by atoms with Gasteiger partial charge in [-0.3, -0.25) is 4.79 Å². The van der Waals surface area contributed by atoms with Gasteiger partial charge in [0.25, 0.3) is 0 Å². The first kappa shape index (κ1) is 14.9. The fourth-order valence-corrected chi connectivity index (χ4v) is 6.62. The first-order chi connectivity index (χ1) is 11.5. The van der Waals surface area contributed by atoms with Crippen molar-refractivity contribution in [3.05, 3.63) is 29.8 Å². The Morgan fingerprint density at radius 1 is 1.08 bits per heavy atom. The summed E-state index contributed by atoms with van der Waals surface area (Å²) in [5, 5.41) is 10.7. The molecule has 4 saturated carbocycles. The van der Waals surface area contributed by atoms with Gasteiger partial charge in [0.1, 0.15) is 0 Å². The molecule has 3 nitrogen and oxygen atoms in total. The monoisotopic (exact) mass is 325 g/mol. The smallest absolute Gasteiger partial charge is 0.233 e. The first-order valence-electron chi connectivity index (χ1n) is 9.61. The van der Waals surface area contributed by atoms with Crippen LogP contribution < -0.4 is 4.90 Å². The number of anilines is 1. The molecule has 1 amide bonds. The summed E-state index contributed by atoms with van der Waals surface area (Å²) in [5.74, 6) is 2.69. The molecule has 0 aromatic heterocycles. The summed E-state index contributed by atoms with van der Waals surface area (Å²) in [6, 6.07) is 7.95. The van der Waals surface area contributed by atoms with Gasteiger partial charge < -0.3 is 10.0 Å². The van der Waals surface area contributed by atoms with Crippen LogP contribution >= 0.6 is 0 Å². The molecule has 1 atom stereocenters. The fraction of sp³-hybridized carbons (Fsp3) is 0.667. The molecule has 1 aromatic rings. The van der Waals surface area contributed by atoms with Crippen molar-refractivity contribution in [3.8, 4) is 0 Å². The number of nitrogens with zero attached hydrogens (tertiary/aromatic N) is 1. The first-order valence-corrected chi connectivity index (χ1v) is 9.61. The molecule has 1 aliphatic heterocycles. The molecular weight excluding hydrogens is 298 g/mol. The lowest BCUT2D eigenvalue weighted by molar-refractivity contribution is -0.143. The standard InChI is InChI=1S/C21H27NO2/c1-20(24)6-7-22(18-5-3-2-4-17(18)20)19(23)21-11-14-8-15(12-21)10-16(9-14)13-21/h2-5,14-16,24H,6-13H2,1H3. The van der Waals surface area contributed by atoms with Gasteiger partial charge in [0, 0.05) is 17.8 Å². The number of para-hydroxylation sites is 1. The van der Waals surface area contributed by atoms with Crippen LogP contribution in [0.2, 0.25) is 0 Å². The third kappa shape index (κ3) is 2.03. The number of rotatable bonds is 1. The Morgan fingerprint density at radius 3 is 2.29 bits per heavy atom. The predicted octanol–water partition coefficient (Wildman–Crippen LogP) is 3.85. The average molecular weight is 325 g/mol. The minimum absolute atomic E-state index is 0.106. The van der Waals surface area contributed by atoms with Crippen molar-refractivity contribution in [3.63, 3.8) is 0 Å². The molecular formula is C21H27NO2. The van der Waals surface area contributed by atoms with Crippen LogP contribution in [-0.4, -0.2) is 17.6 Å². The maximum atomic E-state index is 13.7. The molecule has 0 spiro atoms. The second-order valence-corrected chi connectivity index (χ2v) is 9.20. The third-order valence-electron chi connectivity index (χ3n) is 7.33. The Morgan fingerprint density at radius 2 is 1.67 bits per heavy atom. The molecule has 5 aliphatic rings. The van der Waals surface area contributed by atoms with Crippen LogP contribution in [0, 0.1) is 23.2 Å². The van der Waals surface area contributed by atoms with E-state index in [-0.39, 0.29) is 5.41 Å². The summed E-state index contributed by atoms with van der Waals surface area (Å²) in [7, 11) is 0. The molecule has 128 valence electrons. The van der Waals surface area contributed by atoms with Crippen molar-refractivity contribution >= 4 is 11.6 Å². The summed E-state index contributed by atoms with van der Waals surface area (Å²) in [4.78, 5) is 15.7. The van der Waals surface area contributed by atoms with Gasteiger partial charge in [-0.1, -0.05) is 18.2 Å². The third-order valence-corrected chi connectivity index (χ3v) is 7.33. The van der Waals surface area contributed by atoms with Crippen LogP contribution in [0.1, 0.15) is 57.4 Å². The van der Waals surface area contributed by atoms with Crippen molar-refractivity contribution in [1.82, 2.24) is 0 Å². The summed E-state index contributed by atoms with van der Waals surface area (Å²) in [5.41, 5.74) is 0.920. The summed E-state index contributed by atoms with van der Waals surface area (Å²) < 4.78 is 0. The largest absolute Gasteiger partial charge is 0.385 e. The van der Waals surface area contributed by atoms with Crippen molar-refractivity contribution in [1.29, 1.82) is 0 Å². The van der Waals surface area contributed by atoms with E-state index in [0.29, 0.717) is 18.9 Å². The van der Waals surface area contributed by atoms with E-state index in [1.165, 1.54) is 19.3 Å². The van der Waals surface area contributed by atoms with Crippen molar-refractivity contribution < 1.29 is 9.90 Å². The number of benzene rings is 1. The Hall–Kier alpha value is -1.35. The molecule has 0 saturated heterocycles. The lowest BCUT2D eigenvalue weighted by atomic mass is 9.49. The fourth-order valence-electron chi connectivity index (χ4n) is 6.62. The van der Waals surface area contributed by atoms with Crippen molar-refractivity contribution in [2.45, 2.75) is 57.5 Å². The molecule has 1 N–H and O–H groups in total. The van der Waals surface area contributed by atoms with Gasteiger partial charge in [0.15, 0.2) is 0 Å². The molecule has 6 rings (SSSR count). The molecule has 1 heterocycles. The number of amides is 1. The Kier molecular flexibility index (Phi) is 3.02. The van der Waals surface area contributed by atoms with Crippen molar-refractivity contribution in [2.24, 2.45) is 23.2 Å². The zero-order chi connectivity index (χ0) is 16.5. The van der Waals surface area contributed by atoms with E-state index in [0.717, 1.165) is 48.3 Å². The molecule has 4 fully saturated rings. The highest BCUT2D eigenvalue weighted by Crippen LogP contribution is 2.61. The number of carbonyl (C=O) groups excluding carboxylic acids is 1. The highest BCUT2D eigenvalue weighted by atomic mass is 16.3. The van der Waals surface area contributed by atoms with Crippen LogP contribution in [0.25, 0.3) is 0 Å². The van der Waals surface area contributed by atoms with Crippen LogP contribution in [0.15, 0.2) is 24.3 Å². The maximum Gasteiger partial charge on any atom is 0.233 e. The van der Waals surface area contributed by atoms with Gasteiger partial charge in [-0.15, -0.1) is 0 Å². The van der Waals surface area contributed by atoms with Gasteiger partial charge in [0.05, 0.1) is 11.0 Å². The molecule has 3 heteroatoms. The average Bonchev–Trinajstić information content (AvgIpc) is 2.53. The molecule has 1 unspecified atom stereocenters. The topological polar surface area (TPSA) is 40.5 Å².